The van der Waals surface area contributed by atoms with Crippen LogP contribution in [-0.4, -0.2) is 5.11 Å². The van der Waals surface area contributed by atoms with Crippen LogP contribution in [0.25, 0.3) is 0 Å². The standard InChI is InChI=1S/C14H15NO2/c1-10-5-6-14(13(15)7-10)17-12-4-2-3-11(8-12)9-16/h2-8,16H,9,15H2,1H3. The normalized spacial score (nSPS) is 10.2. The maximum atomic E-state index is 9.04. The second-order valence-electron chi connectivity index (χ2n) is 3.95. The van der Waals surface area contributed by atoms with Crippen molar-refractivity contribution in [3.8, 4) is 11.5 Å². The smallest absolute Gasteiger partial charge is 0.150 e. The summed E-state index contributed by atoms with van der Waals surface area (Å²) in [4.78, 5) is 0. The van der Waals surface area contributed by atoms with Gasteiger partial charge in [0.1, 0.15) is 11.5 Å². The van der Waals surface area contributed by atoms with E-state index in [1.165, 1.54) is 0 Å². The highest BCUT2D eigenvalue weighted by molar-refractivity contribution is 5.55. The molecule has 0 spiro atoms. The molecule has 3 N–H and O–H groups in total. The Kier molecular flexibility index (Phi) is 3.30. The van der Waals surface area contributed by atoms with Crippen molar-refractivity contribution >= 4 is 5.69 Å². The van der Waals surface area contributed by atoms with E-state index in [0.29, 0.717) is 17.2 Å². The van der Waals surface area contributed by atoms with Gasteiger partial charge < -0.3 is 15.6 Å². The molecule has 0 heterocycles. The number of ether oxygens (including phenoxy) is 1. The van der Waals surface area contributed by atoms with Crippen LogP contribution >= 0.6 is 0 Å². The first-order valence-corrected chi connectivity index (χ1v) is 5.43. The minimum absolute atomic E-state index is 0.000575. The van der Waals surface area contributed by atoms with Crippen molar-refractivity contribution < 1.29 is 9.84 Å². The molecule has 0 radical (unpaired) electrons. The van der Waals surface area contributed by atoms with Gasteiger partial charge in [0, 0.05) is 0 Å². The summed E-state index contributed by atoms with van der Waals surface area (Å²) in [7, 11) is 0. The van der Waals surface area contributed by atoms with Crippen LogP contribution < -0.4 is 10.5 Å². The van der Waals surface area contributed by atoms with E-state index in [1.807, 2.05) is 43.3 Å². The number of hydrogen-bond acceptors (Lipinski definition) is 3. The Morgan fingerprint density at radius 3 is 2.71 bits per heavy atom. The van der Waals surface area contributed by atoms with Crippen LogP contribution in [0.2, 0.25) is 0 Å². The minimum atomic E-state index is 0.000575. The lowest BCUT2D eigenvalue weighted by molar-refractivity contribution is 0.281. The SMILES string of the molecule is Cc1ccc(Oc2cccc(CO)c2)c(N)c1. The number of aliphatic hydroxyl groups excluding tert-OH is 1. The van der Waals surface area contributed by atoms with Gasteiger partial charge in [0.2, 0.25) is 0 Å². The monoisotopic (exact) mass is 229 g/mol. The quantitative estimate of drug-likeness (QED) is 0.796. The van der Waals surface area contributed by atoms with Gasteiger partial charge in [-0.15, -0.1) is 0 Å². The van der Waals surface area contributed by atoms with Crippen molar-refractivity contribution in [2.24, 2.45) is 0 Å². The summed E-state index contributed by atoms with van der Waals surface area (Å²) < 4.78 is 5.67. The van der Waals surface area contributed by atoms with Crippen LogP contribution in [0.15, 0.2) is 42.5 Å². The predicted molar refractivity (Wildman–Crippen MR) is 68.0 cm³/mol. The van der Waals surface area contributed by atoms with E-state index in [2.05, 4.69) is 0 Å². The van der Waals surface area contributed by atoms with E-state index < -0.39 is 0 Å². The summed E-state index contributed by atoms with van der Waals surface area (Å²) in [6.45, 7) is 1.98. The van der Waals surface area contributed by atoms with Gasteiger partial charge >= 0.3 is 0 Å². The van der Waals surface area contributed by atoms with E-state index in [0.717, 1.165) is 11.1 Å². The Morgan fingerprint density at radius 2 is 2.00 bits per heavy atom. The number of hydrogen-bond donors (Lipinski definition) is 2. The maximum Gasteiger partial charge on any atom is 0.150 e. The average Bonchev–Trinajstić information content (AvgIpc) is 2.33. The molecule has 2 aromatic carbocycles. The summed E-state index contributed by atoms with van der Waals surface area (Å²) in [5.41, 5.74) is 8.39. The van der Waals surface area contributed by atoms with Crippen LogP contribution in [0, 0.1) is 6.92 Å². The van der Waals surface area contributed by atoms with Crippen molar-refractivity contribution in [3.63, 3.8) is 0 Å². The third-order valence-corrected chi connectivity index (χ3v) is 2.47. The molecule has 0 atom stereocenters. The Hall–Kier alpha value is -2.00. The number of benzene rings is 2. The largest absolute Gasteiger partial charge is 0.455 e. The van der Waals surface area contributed by atoms with Crippen molar-refractivity contribution in [1.82, 2.24) is 0 Å². The molecule has 0 aromatic heterocycles. The second kappa shape index (κ2) is 4.89. The molecule has 88 valence electrons. The molecule has 17 heavy (non-hydrogen) atoms. The molecule has 0 fully saturated rings. The first-order valence-electron chi connectivity index (χ1n) is 5.43. The number of nitrogens with two attached hydrogens (primary N) is 1. The number of aryl methyl sites for hydroxylation is 1. The second-order valence-corrected chi connectivity index (χ2v) is 3.95. The summed E-state index contributed by atoms with van der Waals surface area (Å²) in [6, 6.07) is 13.0. The fourth-order valence-electron chi connectivity index (χ4n) is 1.60. The lowest BCUT2D eigenvalue weighted by Gasteiger charge is -2.09. The zero-order valence-corrected chi connectivity index (χ0v) is 9.68. The maximum absolute atomic E-state index is 9.04. The van der Waals surface area contributed by atoms with Crippen molar-refractivity contribution in [3.05, 3.63) is 53.6 Å². The van der Waals surface area contributed by atoms with Crippen LogP contribution in [0.3, 0.4) is 0 Å². The van der Waals surface area contributed by atoms with Crippen LogP contribution in [-0.2, 0) is 6.61 Å². The molecule has 2 rings (SSSR count). The molecule has 0 unspecified atom stereocenters. The third-order valence-electron chi connectivity index (χ3n) is 2.47. The lowest BCUT2D eigenvalue weighted by atomic mass is 10.2. The highest BCUT2D eigenvalue weighted by Crippen LogP contribution is 2.28. The van der Waals surface area contributed by atoms with E-state index in [-0.39, 0.29) is 6.61 Å². The van der Waals surface area contributed by atoms with Gasteiger partial charge in [0.05, 0.1) is 12.3 Å². The van der Waals surface area contributed by atoms with Gasteiger partial charge in [-0.25, -0.2) is 0 Å². The topological polar surface area (TPSA) is 55.5 Å². The van der Waals surface area contributed by atoms with Gasteiger partial charge in [-0.05, 0) is 42.3 Å². The zero-order valence-electron chi connectivity index (χ0n) is 9.68. The number of rotatable bonds is 3. The van der Waals surface area contributed by atoms with E-state index in [4.69, 9.17) is 15.6 Å². The number of nitrogen functional groups attached to an aromatic ring is 1. The van der Waals surface area contributed by atoms with Gasteiger partial charge in [0.15, 0.2) is 0 Å². The molecule has 0 bridgehead atoms. The molecule has 0 aliphatic heterocycles. The molecule has 0 saturated carbocycles. The molecule has 3 nitrogen and oxygen atoms in total. The third kappa shape index (κ3) is 2.77. The minimum Gasteiger partial charge on any atom is -0.455 e. The van der Waals surface area contributed by atoms with Crippen molar-refractivity contribution in [1.29, 1.82) is 0 Å². The van der Waals surface area contributed by atoms with E-state index in [1.54, 1.807) is 6.07 Å². The first kappa shape index (κ1) is 11.5. The van der Waals surface area contributed by atoms with Crippen LogP contribution in [0.4, 0.5) is 5.69 Å². The molecule has 3 heteroatoms. The zero-order chi connectivity index (χ0) is 12.3. The van der Waals surface area contributed by atoms with E-state index >= 15 is 0 Å². The average molecular weight is 229 g/mol. The Morgan fingerprint density at radius 1 is 1.18 bits per heavy atom. The highest BCUT2D eigenvalue weighted by atomic mass is 16.5. The molecular weight excluding hydrogens is 214 g/mol. The molecule has 0 saturated heterocycles. The van der Waals surface area contributed by atoms with Crippen molar-refractivity contribution in [2.75, 3.05) is 5.73 Å². The van der Waals surface area contributed by atoms with Gasteiger partial charge in [-0.2, -0.15) is 0 Å². The Labute approximate surface area is 100 Å². The highest BCUT2D eigenvalue weighted by Gasteiger charge is 2.02. The van der Waals surface area contributed by atoms with Crippen LogP contribution in [0.1, 0.15) is 11.1 Å². The summed E-state index contributed by atoms with van der Waals surface area (Å²) in [5, 5.41) is 9.04. The van der Waals surface area contributed by atoms with E-state index in [9.17, 15) is 0 Å². The molecule has 0 aliphatic rings. The molecule has 0 aliphatic carbocycles. The van der Waals surface area contributed by atoms with Gasteiger partial charge in [-0.3, -0.25) is 0 Å². The summed E-state index contributed by atoms with van der Waals surface area (Å²) >= 11 is 0. The van der Waals surface area contributed by atoms with Crippen molar-refractivity contribution in [2.45, 2.75) is 13.5 Å². The predicted octanol–water partition coefficient (Wildman–Crippen LogP) is 2.86. The first-order chi connectivity index (χ1) is 8.19. The molecule has 0 amide bonds. The van der Waals surface area contributed by atoms with Crippen LogP contribution in [0.5, 0.6) is 11.5 Å². The van der Waals surface area contributed by atoms with Gasteiger partial charge in [-0.1, -0.05) is 18.2 Å². The fraction of sp³-hybridized carbons (Fsp3) is 0.143. The Bertz CT molecular complexity index is 523. The fourth-order valence-corrected chi connectivity index (χ4v) is 1.60. The molecule has 2 aromatic rings. The summed E-state index contributed by atoms with van der Waals surface area (Å²) in [5.74, 6) is 1.30. The Balaban J connectivity index is 2.25. The van der Waals surface area contributed by atoms with Gasteiger partial charge in [0.25, 0.3) is 0 Å². The molecular formula is C14H15NO2. The number of aliphatic hydroxyl groups is 1. The lowest BCUT2D eigenvalue weighted by Crippen LogP contribution is -1.93. The summed E-state index contributed by atoms with van der Waals surface area (Å²) in [6.07, 6.45) is 0. The number of anilines is 1.